The van der Waals surface area contributed by atoms with Gasteiger partial charge in [0.1, 0.15) is 5.75 Å². The van der Waals surface area contributed by atoms with Crippen LogP contribution in [0.2, 0.25) is 0 Å². The van der Waals surface area contributed by atoms with Crippen molar-refractivity contribution >= 4 is 11.6 Å². The van der Waals surface area contributed by atoms with Crippen LogP contribution in [0.3, 0.4) is 0 Å². The van der Waals surface area contributed by atoms with Crippen LogP contribution in [0.1, 0.15) is 18.4 Å². The third-order valence-electron chi connectivity index (χ3n) is 2.64. The fraction of sp³-hybridized carbons (Fsp3) is 0.462. The predicted molar refractivity (Wildman–Crippen MR) is 69.8 cm³/mol. The maximum Gasteiger partial charge on any atom is 0.418 e. The predicted octanol–water partition coefficient (Wildman–Crippen LogP) is 2.65. The fourth-order valence-corrected chi connectivity index (χ4v) is 1.63. The Labute approximate surface area is 115 Å². The van der Waals surface area contributed by atoms with Gasteiger partial charge in [-0.25, -0.2) is 0 Å². The van der Waals surface area contributed by atoms with Gasteiger partial charge in [0.25, 0.3) is 0 Å². The van der Waals surface area contributed by atoms with Gasteiger partial charge in [-0.2, -0.15) is 13.2 Å². The number of carbonyl (C=O) groups is 1. The standard InChI is InChI=1S/C13H17F3N2O2/c1-17-7-3-4-12(19)18-11-6-5-9(20-2)8-10(11)13(14,15)16/h5-6,8,17H,3-4,7H2,1-2H3,(H,18,19). The van der Waals surface area contributed by atoms with Crippen LogP contribution >= 0.6 is 0 Å². The molecule has 0 bridgehead atoms. The highest BCUT2D eigenvalue weighted by Gasteiger charge is 2.34. The van der Waals surface area contributed by atoms with Crippen molar-refractivity contribution in [3.8, 4) is 5.75 Å². The van der Waals surface area contributed by atoms with Gasteiger partial charge < -0.3 is 15.4 Å². The largest absolute Gasteiger partial charge is 0.497 e. The van der Waals surface area contributed by atoms with E-state index < -0.39 is 17.6 Å². The van der Waals surface area contributed by atoms with Crippen molar-refractivity contribution in [3.63, 3.8) is 0 Å². The second kappa shape index (κ2) is 7.14. The number of alkyl halides is 3. The normalized spacial score (nSPS) is 11.2. The molecule has 0 fully saturated rings. The third kappa shape index (κ3) is 4.73. The van der Waals surface area contributed by atoms with E-state index in [1.165, 1.54) is 19.2 Å². The molecule has 1 rings (SSSR count). The summed E-state index contributed by atoms with van der Waals surface area (Å²) in [7, 11) is 3.02. The molecular formula is C13H17F3N2O2. The SMILES string of the molecule is CNCCCC(=O)Nc1ccc(OC)cc1C(F)(F)F. The second-order valence-corrected chi connectivity index (χ2v) is 4.16. The minimum Gasteiger partial charge on any atom is -0.497 e. The molecule has 0 atom stereocenters. The molecule has 0 radical (unpaired) electrons. The third-order valence-corrected chi connectivity index (χ3v) is 2.64. The average molecular weight is 290 g/mol. The molecule has 0 unspecified atom stereocenters. The van der Waals surface area contributed by atoms with Crippen molar-refractivity contribution in [2.75, 3.05) is 26.0 Å². The van der Waals surface area contributed by atoms with Crippen molar-refractivity contribution in [1.29, 1.82) is 0 Å². The number of nitrogens with one attached hydrogen (secondary N) is 2. The molecule has 1 amide bonds. The van der Waals surface area contributed by atoms with Crippen molar-refractivity contribution in [2.24, 2.45) is 0 Å². The van der Waals surface area contributed by atoms with Crippen LogP contribution in [0.4, 0.5) is 18.9 Å². The lowest BCUT2D eigenvalue weighted by atomic mass is 10.1. The van der Waals surface area contributed by atoms with E-state index in [9.17, 15) is 18.0 Å². The second-order valence-electron chi connectivity index (χ2n) is 4.16. The lowest BCUT2D eigenvalue weighted by Crippen LogP contribution is -2.18. The van der Waals surface area contributed by atoms with Gasteiger partial charge in [-0.15, -0.1) is 0 Å². The molecule has 112 valence electrons. The molecule has 4 nitrogen and oxygen atoms in total. The summed E-state index contributed by atoms with van der Waals surface area (Å²) < 4.78 is 43.5. The Morgan fingerprint density at radius 3 is 2.60 bits per heavy atom. The maximum absolute atomic E-state index is 12.9. The summed E-state index contributed by atoms with van der Waals surface area (Å²) in [6, 6.07) is 3.43. The van der Waals surface area contributed by atoms with E-state index in [2.05, 4.69) is 10.6 Å². The Kier molecular flexibility index (Phi) is 5.82. The summed E-state index contributed by atoms with van der Waals surface area (Å²) in [5.41, 5.74) is -1.17. The van der Waals surface area contributed by atoms with Crippen LogP contribution in [0.15, 0.2) is 18.2 Å². The molecular weight excluding hydrogens is 273 g/mol. The molecule has 0 saturated heterocycles. The molecule has 7 heteroatoms. The van der Waals surface area contributed by atoms with E-state index in [-0.39, 0.29) is 17.9 Å². The van der Waals surface area contributed by atoms with Crippen molar-refractivity contribution in [1.82, 2.24) is 5.32 Å². The minimum absolute atomic E-state index is 0.0884. The summed E-state index contributed by atoms with van der Waals surface area (Å²) in [4.78, 5) is 11.6. The van der Waals surface area contributed by atoms with Gasteiger partial charge in [-0.05, 0) is 38.2 Å². The van der Waals surface area contributed by atoms with Crippen molar-refractivity contribution in [2.45, 2.75) is 19.0 Å². The number of carbonyl (C=O) groups excluding carboxylic acids is 1. The lowest BCUT2D eigenvalue weighted by molar-refractivity contribution is -0.137. The number of methoxy groups -OCH3 is 1. The Balaban J connectivity index is 2.86. The highest BCUT2D eigenvalue weighted by atomic mass is 19.4. The highest BCUT2D eigenvalue weighted by molar-refractivity contribution is 5.91. The molecule has 0 aliphatic carbocycles. The first-order valence-electron chi connectivity index (χ1n) is 6.08. The zero-order valence-corrected chi connectivity index (χ0v) is 11.3. The average Bonchev–Trinajstić information content (AvgIpc) is 2.38. The summed E-state index contributed by atoms with van der Waals surface area (Å²) >= 11 is 0. The van der Waals surface area contributed by atoms with Crippen LogP contribution in [0, 0.1) is 0 Å². The van der Waals surface area contributed by atoms with Crippen LogP contribution in [-0.2, 0) is 11.0 Å². The molecule has 1 aromatic rings. The summed E-state index contributed by atoms with van der Waals surface area (Å²) in [6.07, 6.45) is -3.84. The van der Waals surface area contributed by atoms with E-state index in [0.717, 1.165) is 6.07 Å². The smallest absolute Gasteiger partial charge is 0.418 e. The molecule has 0 aromatic heterocycles. The molecule has 0 saturated carbocycles. The molecule has 1 aromatic carbocycles. The first-order chi connectivity index (χ1) is 9.38. The van der Waals surface area contributed by atoms with Gasteiger partial charge in [0, 0.05) is 6.42 Å². The van der Waals surface area contributed by atoms with E-state index in [0.29, 0.717) is 13.0 Å². The van der Waals surface area contributed by atoms with Gasteiger partial charge >= 0.3 is 6.18 Å². The first-order valence-corrected chi connectivity index (χ1v) is 6.08. The Morgan fingerprint density at radius 1 is 1.35 bits per heavy atom. The van der Waals surface area contributed by atoms with Crippen molar-refractivity contribution in [3.05, 3.63) is 23.8 Å². The van der Waals surface area contributed by atoms with E-state index in [1.807, 2.05) is 0 Å². The maximum atomic E-state index is 12.9. The van der Waals surface area contributed by atoms with E-state index in [1.54, 1.807) is 7.05 Å². The minimum atomic E-state index is -4.55. The topological polar surface area (TPSA) is 50.4 Å². The van der Waals surface area contributed by atoms with Gasteiger partial charge in [0.15, 0.2) is 0 Å². The number of halogens is 3. The Hall–Kier alpha value is -1.76. The zero-order chi connectivity index (χ0) is 15.2. The molecule has 20 heavy (non-hydrogen) atoms. The van der Waals surface area contributed by atoms with E-state index in [4.69, 9.17) is 4.74 Å². The number of benzene rings is 1. The number of rotatable bonds is 6. The summed E-state index contributed by atoms with van der Waals surface area (Å²) in [6.45, 7) is 0.627. The van der Waals surface area contributed by atoms with Crippen LogP contribution in [0.25, 0.3) is 0 Å². The molecule has 0 aliphatic rings. The summed E-state index contributed by atoms with van der Waals surface area (Å²) in [5, 5.41) is 5.15. The Bertz CT molecular complexity index is 461. The van der Waals surface area contributed by atoms with E-state index >= 15 is 0 Å². The van der Waals surface area contributed by atoms with Gasteiger partial charge in [-0.3, -0.25) is 4.79 Å². The molecule has 0 spiro atoms. The van der Waals surface area contributed by atoms with Crippen LogP contribution in [-0.4, -0.2) is 26.6 Å². The molecule has 2 N–H and O–H groups in total. The number of anilines is 1. The quantitative estimate of drug-likeness (QED) is 0.792. The lowest BCUT2D eigenvalue weighted by Gasteiger charge is -2.15. The molecule has 0 aliphatic heterocycles. The number of ether oxygens (including phenoxy) is 1. The first kappa shape index (κ1) is 16.3. The fourth-order valence-electron chi connectivity index (χ4n) is 1.63. The number of amides is 1. The van der Waals surface area contributed by atoms with Gasteiger partial charge in [0.05, 0.1) is 18.4 Å². The Morgan fingerprint density at radius 2 is 2.05 bits per heavy atom. The monoisotopic (exact) mass is 290 g/mol. The zero-order valence-electron chi connectivity index (χ0n) is 11.3. The number of hydrogen-bond donors (Lipinski definition) is 2. The summed E-state index contributed by atoms with van der Waals surface area (Å²) in [5.74, 6) is -0.360. The van der Waals surface area contributed by atoms with Crippen molar-refractivity contribution < 1.29 is 22.7 Å². The van der Waals surface area contributed by atoms with Crippen LogP contribution in [0.5, 0.6) is 5.75 Å². The highest BCUT2D eigenvalue weighted by Crippen LogP contribution is 2.37. The van der Waals surface area contributed by atoms with Gasteiger partial charge in [-0.1, -0.05) is 0 Å². The van der Waals surface area contributed by atoms with Gasteiger partial charge in [0.2, 0.25) is 5.91 Å². The number of hydrogen-bond acceptors (Lipinski definition) is 3. The van der Waals surface area contributed by atoms with Crippen LogP contribution < -0.4 is 15.4 Å². The molecule has 0 heterocycles.